The summed E-state index contributed by atoms with van der Waals surface area (Å²) in [6.45, 7) is 5.17. The van der Waals surface area contributed by atoms with Crippen LogP contribution in [0.5, 0.6) is 5.75 Å². The van der Waals surface area contributed by atoms with Crippen molar-refractivity contribution < 1.29 is 23.6 Å². The van der Waals surface area contributed by atoms with Crippen LogP contribution in [0.2, 0.25) is 0 Å². The van der Waals surface area contributed by atoms with E-state index in [-0.39, 0.29) is 19.1 Å². The summed E-state index contributed by atoms with van der Waals surface area (Å²) in [5.74, 6) is 0.699. The Bertz CT molecular complexity index is 1230. The Labute approximate surface area is 190 Å². The summed E-state index contributed by atoms with van der Waals surface area (Å²) in [6, 6.07) is 13.2. The molecule has 0 N–H and O–H groups in total. The molecular formula is C24H22N4O5. The van der Waals surface area contributed by atoms with Gasteiger partial charge in [-0.1, -0.05) is 23.4 Å². The van der Waals surface area contributed by atoms with Gasteiger partial charge >= 0.3 is 12.4 Å². The number of hydrogen-bond acceptors (Lipinski definition) is 9. The van der Waals surface area contributed by atoms with E-state index in [4.69, 9.17) is 9.26 Å². The highest BCUT2D eigenvalue weighted by atomic mass is 16.6. The van der Waals surface area contributed by atoms with Gasteiger partial charge < -0.3 is 14.0 Å². The topological polar surface area (TPSA) is 119 Å². The third-order valence-electron chi connectivity index (χ3n) is 5.25. The number of carbonyl (C=O) groups excluding carboxylic acids is 2. The van der Waals surface area contributed by atoms with Gasteiger partial charge in [0.2, 0.25) is 5.82 Å². The van der Waals surface area contributed by atoms with Crippen molar-refractivity contribution in [3.8, 4) is 34.7 Å². The van der Waals surface area contributed by atoms with Crippen LogP contribution < -0.4 is 4.74 Å². The van der Waals surface area contributed by atoms with Crippen molar-refractivity contribution >= 4 is 12.4 Å². The SMILES string of the molecule is CC(C)Oc1ccc(-c2nc(-c3cccc4c3CCN(CC(=O)OC=O)C4)no2)cc1C#N. The van der Waals surface area contributed by atoms with Crippen molar-refractivity contribution in [2.45, 2.75) is 32.9 Å². The molecule has 0 radical (unpaired) electrons. The monoisotopic (exact) mass is 446 g/mol. The van der Waals surface area contributed by atoms with Gasteiger partial charge in [0.25, 0.3) is 5.89 Å². The number of hydrogen-bond donors (Lipinski definition) is 0. The molecule has 1 aliphatic heterocycles. The first kappa shape index (κ1) is 22.2. The van der Waals surface area contributed by atoms with E-state index in [1.807, 2.05) is 36.9 Å². The van der Waals surface area contributed by atoms with Crippen molar-refractivity contribution in [2.24, 2.45) is 0 Å². The number of carbonyl (C=O) groups is 2. The second-order valence-corrected chi connectivity index (χ2v) is 7.90. The number of aromatic nitrogens is 2. The Morgan fingerprint density at radius 3 is 2.94 bits per heavy atom. The normalized spacial score (nSPS) is 13.3. The quantitative estimate of drug-likeness (QED) is 0.306. The third kappa shape index (κ3) is 4.91. The number of benzene rings is 2. The fourth-order valence-corrected chi connectivity index (χ4v) is 3.84. The largest absolute Gasteiger partial charge is 0.490 e. The molecule has 0 saturated heterocycles. The zero-order chi connectivity index (χ0) is 23.4. The van der Waals surface area contributed by atoms with Gasteiger partial charge in [0, 0.05) is 24.2 Å². The summed E-state index contributed by atoms with van der Waals surface area (Å²) < 4.78 is 15.6. The van der Waals surface area contributed by atoms with E-state index in [9.17, 15) is 14.9 Å². The Morgan fingerprint density at radius 2 is 2.18 bits per heavy atom. The Kier molecular flexibility index (Phi) is 6.47. The lowest BCUT2D eigenvalue weighted by molar-refractivity contribution is -0.152. The zero-order valence-corrected chi connectivity index (χ0v) is 18.3. The molecule has 0 spiro atoms. The fraction of sp³-hybridized carbons (Fsp3) is 0.292. The number of nitriles is 1. The van der Waals surface area contributed by atoms with Gasteiger partial charge in [0.1, 0.15) is 11.8 Å². The van der Waals surface area contributed by atoms with Crippen LogP contribution in [0.1, 0.15) is 30.5 Å². The molecule has 9 heteroatoms. The van der Waals surface area contributed by atoms with E-state index in [2.05, 4.69) is 20.9 Å². The summed E-state index contributed by atoms with van der Waals surface area (Å²) in [4.78, 5) is 28.4. The van der Waals surface area contributed by atoms with E-state index in [1.54, 1.807) is 18.2 Å². The molecular weight excluding hydrogens is 424 g/mol. The molecule has 9 nitrogen and oxygen atoms in total. The van der Waals surface area contributed by atoms with Crippen LogP contribution in [-0.2, 0) is 27.3 Å². The lowest BCUT2D eigenvalue weighted by atomic mass is 9.94. The average Bonchev–Trinajstić information content (AvgIpc) is 3.28. The molecule has 0 fully saturated rings. The highest BCUT2D eigenvalue weighted by molar-refractivity contribution is 5.78. The first-order chi connectivity index (χ1) is 16.0. The number of esters is 1. The maximum absolute atomic E-state index is 11.6. The van der Waals surface area contributed by atoms with Crippen molar-refractivity contribution in [3.63, 3.8) is 0 Å². The first-order valence-corrected chi connectivity index (χ1v) is 10.5. The number of nitrogens with zero attached hydrogens (tertiary/aromatic N) is 4. The van der Waals surface area contributed by atoms with E-state index in [0.29, 0.717) is 48.1 Å². The van der Waals surface area contributed by atoms with Gasteiger partial charge in [-0.3, -0.25) is 14.5 Å². The molecule has 0 atom stereocenters. The van der Waals surface area contributed by atoms with Crippen molar-refractivity contribution in [1.82, 2.24) is 15.0 Å². The van der Waals surface area contributed by atoms with Crippen LogP contribution in [0.4, 0.5) is 0 Å². The first-order valence-electron chi connectivity index (χ1n) is 10.5. The van der Waals surface area contributed by atoms with Crippen molar-refractivity contribution in [2.75, 3.05) is 13.1 Å². The summed E-state index contributed by atoms with van der Waals surface area (Å²) in [6.07, 6.45) is 0.637. The van der Waals surface area contributed by atoms with Crippen molar-refractivity contribution in [3.05, 3.63) is 53.1 Å². The predicted molar refractivity (Wildman–Crippen MR) is 117 cm³/mol. The second kappa shape index (κ2) is 9.63. The molecule has 0 amide bonds. The van der Waals surface area contributed by atoms with Gasteiger partial charge in [-0.2, -0.15) is 10.2 Å². The Balaban J connectivity index is 1.57. The molecule has 33 heavy (non-hydrogen) atoms. The highest BCUT2D eigenvalue weighted by Gasteiger charge is 2.23. The molecule has 0 unspecified atom stereocenters. The standard InChI is InChI=1S/C24H22N4O5/c1-15(2)32-21-7-6-16(10-18(21)11-25)24-26-23(27-33-24)20-5-3-4-17-12-28(9-8-19(17)20)13-22(30)31-14-29/h3-7,10,14-15H,8-9,12-13H2,1-2H3. The predicted octanol–water partition coefficient (Wildman–Crippen LogP) is 3.12. The molecule has 1 aliphatic rings. The maximum atomic E-state index is 11.6. The van der Waals surface area contributed by atoms with Crippen molar-refractivity contribution in [1.29, 1.82) is 5.26 Å². The van der Waals surface area contributed by atoms with Crippen LogP contribution in [0.15, 0.2) is 40.9 Å². The molecule has 168 valence electrons. The molecule has 0 saturated carbocycles. The van der Waals surface area contributed by atoms with Gasteiger partial charge in [0.15, 0.2) is 0 Å². The van der Waals surface area contributed by atoms with Gasteiger partial charge in [-0.05, 0) is 49.6 Å². The zero-order valence-electron chi connectivity index (χ0n) is 18.3. The minimum atomic E-state index is -0.575. The van der Waals surface area contributed by atoms with Crippen LogP contribution >= 0.6 is 0 Å². The Morgan fingerprint density at radius 1 is 1.33 bits per heavy atom. The molecule has 0 aliphatic carbocycles. The van der Waals surface area contributed by atoms with E-state index in [0.717, 1.165) is 16.7 Å². The van der Waals surface area contributed by atoms with Crippen LogP contribution in [0, 0.1) is 11.3 Å². The van der Waals surface area contributed by atoms with Crippen LogP contribution in [0.3, 0.4) is 0 Å². The molecule has 0 bridgehead atoms. The van der Waals surface area contributed by atoms with E-state index >= 15 is 0 Å². The van der Waals surface area contributed by atoms with E-state index < -0.39 is 5.97 Å². The Hall–Kier alpha value is -4.03. The summed E-state index contributed by atoms with van der Waals surface area (Å²) in [5.41, 5.74) is 4.02. The number of ether oxygens (including phenoxy) is 2. The van der Waals surface area contributed by atoms with Gasteiger partial charge in [0.05, 0.1) is 18.2 Å². The van der Waals surface area contributed by atoms with Crippen LogP contribution in [0.25, 0.3) is 22.8 Å². The minimum absolute atomic E-state index is 0.0474. The minimum Gasteiger partial charge on any atom is -0.490 e. The summed E-state index contributed by atoms with van der Waals surface area (Å²) in [5, 5.41) is 13.6. The van der Waals surface area contributed by atoms with Gasteiger partial charge in [-0.25, -0.2) is 0 Å². The second-order valence-electron chi connectivity index (χ2n) is 7.90. The number of rotatable bonds is 7. The molecule has 4 rings (SSSR count). The molecule has 2 aromatic carbocycles. The maximum Gasteiger partial charge on any atom is 0.327 e. The summed E-state index contributed by atoms with van der Waals surface area (Å²) >= 11 is 0. The summed E-state index contributed by atoms with van der Waals surface area (Å²) in [7, 11) is 0. The lowest BCUT2D eigenvalue weighted by Crippen LogP contribution is -2.35. The fourth-order valence-electron chi connectivity index (χ4n) is 3.84. The molecule has 3 aromatic rings. The highest BCUT2D eigenvalue weighted by Crippen LogP contribution is 2.31. The smallest absolute Gasteiger partial charge is 0.327 e. The lowest BCUT2D eigenvalue weighted by Gasteiger charge is -2.28. The molecule has 2 heterocycles. The van der Waals surface area contributed by atoms with Crippen LogP contribution in [-0.4, -0.2) is 46.7 Å². The molecule has 1 aromatic heterocycles. The number of fused-ring (bicyclic) bond motifs is 1. The van der Waals surface area contributed by atoms with E-state index in [1.165, 1.54) is 0 Å². The third-order valence-corrected chi connectivity index (χ3v) is 5.25. The average molecular weight is 446 g/mol. The van der Waals surface area contributed by atoms with Gasteiger partial charge in [-0.15, -0.1) is 0 Å².